The summed E-state index contributed by atoms with van der Waals surface area (Å²) in [6.45, 7) is 0.477. The van der Waals surface area contributed by atoms with E-state index in [1.807, 2.05) is 36.4 Å². The van der Waals surface area contributed by atoms with Crippen molar-refractivity contribution in [1.82, 2.24) is 0 Å². The smallest absolute Gasteiger partial charge is 0.263 e. The van der Waals surface area contributed by atoms with Crippen LogP contribution in [0.1, 0.15) is 26.3 Å². The van der Waals surface area contributed by atoms with Crippen LogP contribution in [-0.2, 0) is 6.54 Å². The normalized spacial score (nSPS) is 12.1. The summed E-state index contributed by atoms with van der Waals surface area (Å²) in [4.78, 5) is 30.6. The average Bonchev–Trinajstić information content (AvgIpc) is 3.09. The Morgan fingerprint density at radius 3 is 2.11 bits per heavy atom. The summed E-state index contributed by atoms with van der Waals surface area (Å²) in [7, 11) is 3.01. The highest BCUT2D eigenvalue weighted by atomic mass is 32.2. The number of nitrogens with zero attached hydrogens (tertiary/aromatic N) is 1. The summed E-state index contributed by atoms with van der Waals surface area (Å²) in [5.41, 5.74) is 3.37. The first-order valence-corrected chi connectivity index (χ1v) is 12.2. The second-order valence-corrected chi connectivity index (χ2v) is 9.22. The van der Waals surface area contributed by atoms with Gasteiger partial charge in [0.15, 0.2) is 0 Å². The van der Waals surface area contributed by atoms with Gasteiger partial charge in [0.25, 0.3) is 11.8 Å². The molecule has 0 bridgehead atoms. The van der Waals surface area contributed by atoms with E-state index in [1.165, 1.54) is 14.2 Å². The van der Waals surface area contributed by atoms with E-state index in [2.05, 4.69) is 17.4 Å². The van der Waals surface area contributed by atoms with E-state index in [1.54, 1.807) is 59.1 Å². The van der Waals surface area contributed by atoms with Crippen LogP contribution in [0.4, 0.5) is 11.4 Å². The quantitative estimate of drug-likeness (QED) is 0.353. The van der Waals surface area contributed by atoms with Gasteiger partial charge < -0.3 is 19.7 Å². The van der Waals surface area contributed by atoms with Gasteiger partial charge in [-0.25, -0.2) is 0 Å². The van der Waals surface area contributed by atoms with E-state index in [9.17, 15) is 9.59 Å². The number of carbonyl (C=O) groups is 2. The van der Waals surface area contributed by atoms with E-state index in [0.29, 0.717) is 34.9 Å². The molecule has 0 aromatic heterocycles. The lowest BCUT2D eigenvalue weighted by Gasteiger charge is -2.23. The number of benzene rings is 4. The number of fused-ring (bicyclic) bond motifs is 2. The molecule has 2 amide bonds. The maximum absolute atomic E-state index is 13.6. The van der Waals surface area contributed by atoms with Gasteiger partial charge >= 0.3 is 0 Å². The molecule has 4 aromatic carbocycles. The summed E-state index contributed by atoms with van der Waals surface area (Å²) in [5, 5.41) is 2.86. The first kappa shape index (κ1) is 23.5. The Balaban J connectivity index is 1.40. The van der Waals surface area contributed by atoms with Gasteiger partial charge in [-0.15, -0.1) is 0 Å². The molecule has 1 heterocycles. The standard InChI is InChI=1S/C29H24N2O4S/c1-34-23-10-7-11-24(35-2)27(23)28(32)30-21-16-14-19(15-17-21)29(33)31-18-20-8-3-5-12-25(20)36-26-13-6-4-9-22(26)31/h3-17H,18H2,1-2H3,(H,30,32). The average molecular weight is 497 g/mol. The second kappa shape index (κ2) is 10.2. The predicted octanol–water partition coefficient (Wildman–Crippen LogP) is 6.27. The van der Waals surface area contributed by atoms with Crippen molar-refractivity contribution in [3.8, 4) is 11.5 Å². The molecule has 1 aliphatic heterocycles. The third kappa shape index (κ3) is 4.53. The number of para-hydroxylation sites is 1. The fourth-order valence-electron chi connectivity index (χ4n) is 4.18. The van der Waals surface area contributed by atoms with Crippen LogP contribution in [0.5, 0.6) is 11.5 Å². The number of methoxy groups -OCH3 is 2. The first-order chi connectivity index (χ1) is 17.6. The number of hydrogen-bond acceptors (Lipinski definition) is 5. The summed E-state index contributed by atoms with van der Waals surface area (Å²) < 4.78 is 10.7. The molecule has 0 unspecified atom stereocenters. The molecule has 0 spiro atoms. The Bertz CT molecular complexity index is 1410. The molecule has 1 aliphatic rings. The Kier molecular flexibility index (Phi) is 6.64. The van der Waals surface area contributed by atoms with Gasteiger partial charge in [-0.1, -0.05) is 48.2 Å². The van der Waals surface area contributed by atoms with Crippen molar-refractivity contribution < 1.29 is 19.1 Å². The van der Waals surface area contributed by atoms with Gasteiger partial charge in [-0.3, -0.25) is 9.59 Å². The minimum absolute atomic E-state index is 0.107. The monoisotopic (exact) mass is 496 g/mol. The van der Waals surface area contributed by atoms with Crippen LogP contribution in [0.15, 0.2) is 101 Å². The van der Waals surface area contributed by atoms with E-state index in [4.69, 9.17) is 9.47 Å². The van der Waals surface area contributed by atoms with Crippen LogP contribution in [0, 0.1) is 0 Å². The third-order valence-electron chi connectivity index (χ3n) is 5.97. The topological polar surface area (TPSA) is 67.9 Å². The van der Waals surface area contributed by atoms with Crippen molar-refractivity contribution in [3.63, 3.8) is 0 Å². The van der Waals surface area contributed by atoms with Gasteiger partial charge in [-0.2, -0.15) is 0 Å². The number of anilines is 2. The Morgan fingerprint density at radius 2 is 1.42 bits per heavy atom. The third-order valence-corrected chi connectivity index (χ3v) is 7.15. The highest BCUT2D eigenvalue weighted by molar-refractivity contribution is 7.99. The number of nitrogens with one attached hydrogen (secondary N) is 1. The van der Waals surface area contributed by atoms with Crippen molar-refractivity contribution in [2.45, 2.75) is 16.3 Å². The van der Waals surface area contributed by atoms with Crippen molar-refractivity contribution in [3.05, 3.63) is 108 Å². The summed E-state index contributed by atoms with van der Waals surface area (Å²) in [6.07, 6.45) is 0. The van der Waals surface area contributed by atoms with Gasteiger partial charge in [0, 0.05) is 21.0 Å². The van der Waals surface area contributed by atoms with Crippen molar-refractivity contribution >= 4 is 35.0 Å². The minimum Gasteiger partial charge on any atom is -0.496 e. The van der Waals surface area contributed by atoms with Gasteiger partial charge in [0.05, 0.1) is 26.5 Å². The van der Waals surface area contributed by atoms with E-state index >= 15 is 0 Å². The number of amides is 2. The molecule has 0 saturated carbocycles. The first-order valence-electron chi connectivity index (χ1n) is 11.4. The van der Waals surface area contributed by atoms with Crippen LogP contribution >= 0.6 is 11.8 Å². The summed E-state index contributed by atoms with van der Waals surface area (Å²) in [5.74, 6) is 0.357. The molecular formula is C29H24N2O4S. The molecule has 5 rings (SSSR count). The molecule has 180 valence electrons. The second-order valence-electron chi connectivity index (χ2n) is 8.14. The molecule has 0 fully saturated rings. The Labute approximate surface area is 213 Å². The molecule has 0 aliphatic carbocycles. The molecule has 4 aromatic rings. The summed E-state index contributed by atoms with van der Waals surface area (Å²) >= 11 is 1.67. The van der Waals surface area contributed by atoms with Crippen LogP contribution in [-0.4, -0.2) is 26.0 Å². The molecule has 1 N–H and O–H groups in total. The van der Waals surface area contributed by atoms with Gasteiger partial charge in [-0.05, 0) is 60.2 Å². The zero-order valence-corrected chi connectivity index (χ0v) is 20.7. The molecule has 7 heteroatoms. The number of carbonyl (C=O) groups excluding carboxylic acids is 2. The fraction of sp³-hybridized carbons (Fsp3) is 0.103. The number of ether oxygens (including phenoxy) is 2. The highest BCUT2D eigenvalue weighted by Gasteiger charge is 2.25. The van der Waals surface area contributed by atoms with Crippen LogP contribution in [0.25, 0.3) is 0 Å². The number of rotatable bonds is 5. The molecule has 36 heavy (non-hydrogen) atoms. The molecule has 0 saturated heterocycles. The minimum atomic E-state index is -0.363. The lowest BCUT2D eigenvalue weighted by atomic mass is 10.1. The van der Waals surface area contributed by atoms with E-state index in [-0.39, 0.29) is 11.8 Å². The largest absolute Gasteiger partial charge is 0.496 e. The maximum atomic E-state index is 13.6. The van der Waals surface area contributed by atoms with Crippen molar-refractivity contribution in [2.24, 2.45) is 0 Å². The maximum Gasteiger partial charge on any atom is 0.263 e. The Morgan fingerprint density at radius 1 is 0.778 bits per heavy atom. The van der Waals surface area contributed by atoms with Crippen LogP contribution in [0.2, 0.25) is 0 Å². The van der Waals surface area contributed by atoms with Gasteiger partial charge in [0.1, 0.15) is 17.1 Å². The Hall–Kier alpha value is -4.23. The zero-order chi connectivity index (χ0) is 25.1. The van der Waals surface area contributed by atoms with E-state index in [0.717, 1.165) is 21.0 Å². The SMILES string of the molecule is COc1cccc(OC)c1C(=O)Nc1ccc(C(=O)N2Cc3ccccc3Sc3ccccc32)cc1. The predicted molar refractivity (Wildman–Crippen MR) is 141 cm³/mol. The van der Waals surface area contributed by atoms with E-state index < -0.39 is 0 Å². The van der Waals surface area contributed by atoms with Crippen LogP contribution in [0.3, 0.4) is 0 Å². The lowest BCUT2D eigenvalue weighted by Crippen LogP contribution is -2.30. The highest BCUT2D eigenvalue weighted by Crippen LogP contribution is 2.41. The molecule has 0 atom stereocenters. The summed E-state index contributed by atoms with van der Waals surface area (Å²) in [6, 6.07) is 28.1. The molecular weight excluding hydrogens is 472 g/mol. The molecule has 0 radical (unpaired) electrons. The lowest BCUT2D eigenvalue weighted by molar-refractivity contribution is 0.0983. The van der Waals surface area contributed by atoms with Crippen molar-refractivity contribution in [1.29, 1.82) is 0 Å². The van der Waals surface area contributed by atoms with Gasteiger partial charge in [0.2, 0.25) is 0 Å². The number of hydrogen-bond donors (Lipinski definition) is 1. The molecule has 6 nitrogen and oxygen atoms in total. The van der Waals surface area contributed by atoms with Crippen molar-refractivity contribution in [2.75, 3.05) is 24.4 Å². The fourth-order valence-corrected chi connectivity index (χ4v) is 5.25. The van der Waals surface area contributed by atoms with Crippen LogP contribution < -0.4 is 19.7 Å². The zero-order valence-electron chi connectivity index (χ0n) is 19.9.